The molecule has 2 nitrogen and oxygen atoms in total. The second-order valence-corrected chi connectivity index (χ2v) is 3.04. The van der Waals surface area contributed by atoms with Gasteiger partial charge in [-0.2, -0.15) is 0 Å². The first-order valence-electron chi connectivity index (χ1n) is 3.73. The maximum absolute atomic E-state index is 13.0. The smallest absolute Gasteiger partial charge is 0.118 e. The highest BCUT2D eigenvalue weighted by Gasteiger charge is 2.25. The second-order valence-electron chi connectivity index (χ2n) is 3.04. The van der Waals surface area contributed by atoms with Crippen molar-refractivity contribution in [1.29, 1.82) is 0 Å². The van der Waals surface area contributed by atoms with Crippen molar-refractivity contribution < 1.29 is 4.39 Å². The SMILES string of the molecule is CN(C)[C@H]1CNCC[C@H]1F. The van der Waals surface area contributed by atoms with Crippen molar-refractivity contribution in [3.63, 3.8) is 0 Å². The summed E-state index contributed by atoms with van der Waals surface area (Å²) >= 11 is 0. The number of hydrogen-bond acceptors (Lipinski definition) is 2. The summed E-state index contributed by atoms with van der Waals surface area (Å²) in [6.07, 6.45) is 0.0132. The lowest BCUT2D eigenvalue weighted by molar-refractivity contribution is 0.125. The molecule has 3 heteroatoms. The van der Waals surface area contributed by atoms with Crippen LogP contribution in [0.2, 0.25) is 0 Å². The summed E-state index contributed by atoms with van der Waals surface area (Å²) in [4.78, 5) is 1.94. The Labute approximate surface area is 61.4 Å². The van der Waals surface area contributed by atoms with Crippen molar-refractivity contribution in [3.8, 4) is 0 Å². The molecule has 0 aliphatic carbocycles. The van der Waals surface area contributed by atoms with Crippen LogP contribution in [0, 0.1) is 0 Å². The van der Waals surface area contributed by atoms with E-state index < -0.39 is 6.17 Å². The van der Waals surface area contributed by atoms with Gasteiger partial charge in [0, 0.05) is 6.54 Å². The van der Waals surface area contributed by atoms with Crippen LogP contribution in [0.1, 0.15) is 6.42 Å². The summed E-state index contributed by atoms with van der Waals surface area (Å²) in [6.45, 7) is 1.61. The van der Waals surface area contributed by atoms with E-state index in [2.05, 4.69) is 5.32 Å². The molecule has 0 aromatic heterocycles. The van der Waals surface area contributed by atoms with E-state index in [0.29, 0.717) is 6.42 Å². The Morgan fingerprint density at radius 3 is 2.60 bits per heavy atom. The van der Waals surface area contributed by atoms with Crippen molar-refractivity contribution in [2.24, 2.45) is 0 Å². The zero-order valence-electron chi connectivity index (χ0n) is 6.60. The van der Waals surface area contributed by atoms with Gasteiger partial charge in [0.15, 0.2) is 0 Å². The van der Waals surface area contributed by atoms with Gasteiger partial charge < -0.3 is 10.2 Å². The average molecular weight is 146 g/mol. The number of nitrogens with one attached hydrogen (secondary N) is 1. The molecule has 1 saturated heterocycles. The van der Waals surface area contributed by atoms with Gasteiger partial charge in [-0.1, -0.05) is 0 Å². The Bertz CT molecular complexity index is 106. The predicted octanol–water partition coefficient (Wildman–Crippen LogP) is 0.248. The third-order valence-corrected chi connectivity index (χ3v) is 2.03. The quantitative estimate of drug-likeness (QED) is 0.570. The molecule has 60 valence electrons. The number of alkyl halides is 1. The number of rotatable bonds is 1. The van der Waals surface area contributed by atoms with Crippen LogP contribution in [0.25, 0.3) is 0 Å². The summed E-state index contributed by atoms with van der Waals surface area (Å²) in [5.74, 6) is 0. The Morgan fingerprint density at radius 2 is 2.20 bits per heavy atom. The monoisotopic (exact) mass is 146 g/mol. The fraction of sp³-hybridized carbons (Fsp3) is 1.00. The first-order valence-corrected chi connectivity index (χ1v) is 3.73. The van der Waals surface area contributed by atoms with Gasteiger partial charge in [0.05, 0.1) is 6.04 Å². The van der Waals surface area contributed by atoms with E-state index in [0.717, 1.165) is 13.1 Å². The zero-order chi connectivity index (χ0) is 7.56. The minimum atomic E-state index is -0.642. The van der Waals surface area contributed by atoms with E-state index in [4.69, 9.17) is 0 Å². The fourth-order valence-electron chi connectivity index (χ4n) is 1.32. The molecule has 1 N–H and O–H groups in total. The van der Waals surface area contributed by atoms with E-state index >= 15 is 0 Å². The maximum atomic E-state index is 13.0. The first-order chi connectivity index (χ1) is 4.72. The highest BCUT2D eigenvalue weighted by Crippen LogP contribution is 2.11. The number of hydrogen-bond donors (Lipinski definition) is 1. The summed E-state index contributed by atoms with van der Waals surface area (Å²) < 4.78 is 13.0. The maximum Gasteiger partial charge on any atom is 0.118 e. The minimum Gasteiger partial charge on any atom is -0.315 e. The summed E-state index contributed by atoms with van der Waals surface area (Å²) in [5.41, 5.74) is 0. The van der Waals surface area contributed by atoms with Crippen molar-refractivity contribution in [1.82, 2.24) is 10.2 Å². The van der Waals surface area contributed by atoms with Crippen LogP contribution < -0.4 is 5.32 Å². The van der Waals surface area contributed by atoms with Gasteiger partial charge in [0.25, 0.3) is 0 Å². The molecular weight excluding hydrogens is 131 g/mol. The van der Waals surface area contributed by atoms with E-state index in [1.807, 2.05) is 19.0 Å². The van der Waals surface area contributed by atoms with Crippen molar-refractivity contribution in [2.75, 3.05) is 27.2 Å². The van der Waals surface area contributed by atoms with Gasteiger partial charge in [-0.3, -0.25) is 0 Å². The number of nitrogens with zero attached hydrogens (tertiary/aromatic N) is 1. The molecule has 1 aliphatic heterocycles. The normalized spacial score (nSPS) is 34.8. The lowest BCUT2D eigenvalue weighted by Crippen LogP contribution is -2.49. The standard InChI is InChI=1S/C7H15FN2/c1-10(2)7-5-9-4-3-6(7)8/h6-7,9H,3-5H2,1-2H3/t6-,7+/m1/s1. The van der Waals surface area contributed by atoms with Crippen molar-refractivity contribution >= 4 is 0 Å². The van der Waals surface area contributed by atoms with Gasteiger partial charge in [-0.25, -0.2) is 4.39 Å². The van der Waals surface area contributed by atoms with Crippen molar-refractivity contribution in [3.05, 3.63) is 0 Å². The number of piperidine rings is 1. The van der Waals surface area contributed by atoms with Crippen LogP contribution in [-0.4, -0.2) is 44.3 Å². The topological polar surface area (TPSA) is 15.3 Å². The third-order valence-electron chi connectivity index (χ3n) is 2.03. The molecule has 0 saturated carbocycles. The van der Waals surface area contributed by atoms with Gasteiger partial charge in [0.2, 0.25) is 0 Å². The lowest BCUT2D eigenvalue weighted by atomic mass is 10.1. The molecule has 1 rings (SSSR count). The molecule has 0 bridgehead atoms. The molecule has 0 aromatic carbocycles. The molecule has 1 heterocycles. The molecule has 0 radical (unpaired) electrons. The van der Waals surface area contributed by atoms with Crippen LogP contribution in [0.3, 0.4) is 0 Å². The molecule has 0 amide bonds. The largest absolute Gasteiger partial charge is 0.315 e. The van der Waals surface area contributed by atoms with Crippen LogP contribution in [0.5, 0.6) is 0 Å². The van der Waals surface area contributed by atoms with E-state index in [9.17, 15) is 4.39 Å². The molecule has 0 spiro atoms. The Morgan fingerprint density at radius 1 is 1.50 bits per heavy atom. The molecule has 0 unspecified atom stereocenters. The van der Waals surface area contributed by atoms with E-state index in [1.54, 1.807) is 0 Å². The highest BCUT2D eigenvalue weighted by atomic mass is 19.1. The fourth-order valence-corrected chi connectivity index (χ4v) is 1.32. The molecule has 1 aliphatic rings. The Kier molecular flexibility index (Phi) is 2.63. The zero-order valence-corrected chi connectivity index (χ0v) is 6.60. The second kappa shape index (κ2) is 3.30. The highest BCUT2D eigenvalue weighted by molar-refractivity contribution is 4.82. The van der Waals surface area contributed by atoms with Crippen LogP contribution in [-0.2, 0) is 0 Å². The lowest BCUT2D eigenvalue weighted by Gasteiger charge is -2.31. The predicted molar refractivity (Wildman–Crippen MR) is 39.9 cm³/mol. The van der Waals surface area contributed by atoms with Crippen LogP contribution in [0.15, 0.2) is 0 Å². The van der Waals surface area contributed by atoms with Gasteiger partial charge >= 0.3 is 0 Å². The van der Waals surface area contributed by atoms with Gasteiger partial charge in [-0.15, -0.1) is 0 Å². The number of halogens is 1. The third kappa shape index (κ3) is 1.67. The van der Waals surface area contributed by atoms with E-state index in [1.165, 1.54) is 0 Å². The number of likely N-dealkylation sites (N-methyl/N-ethyl adjacent to an activating group) is 1. The van der Waals surface area contributed by atoms with Crippen molar-refractivity contribution in [2.45, 2.75) is 18.6 Å². The molecule has 0 aromatic rings. The molecule has 10 heavy (non-hydrogen) atoms. The molecule has 2 atom stereocenters. The van der Waals surface area contributed by atoms with Gasteiger partial charge in [0.1, 0.15) is 6.17 Å². The van der Waals surface area contributed by atoms with Crippen LogP contribution >= 0.6 is 0 Å². The minimum absolute atomic E-state index is 0.0775. The van der Waals surface area contributed by atoms with Gasteiger partial charge in [-0.05, 0) is 27.1 Å². The Balaban J connectivity index is 2.40. The first kappa shape index (κ1) is 7.95. The van der Waals surface area contributed by atoms with Crippen LogP contribution in [0.4, 0.5) is 4.39 Å². The summed E-state index contributed by atoms with van der Waals surface area (Å²) in [7, 11) is 3.84. The van der Waals surface area contributed by atoms with E-state index in [-0.39, 0.29) is 6.04 Å². The average Bonchev–Trinajstić information content (AvgIpc) is 1.88. The molecule has 1 fully saturated rings. The summed E-state index contributed by atoms with van der Waals surface area (Å²) in [5, 5.41) is 3.16. The molecular formula is C7H15FN2. The Hall–Kier alpha value is -0.150. The summed E-state index contributed by atoms with van der Waals surface area (Å²) in [6, 6.07) is 0.0775.